The molecular formula is C27H30FN7. The number of aromatic amines is 1. The maximum absolute atomic E-state index is 15.2. The number of nitrogens with one attached hydrogen (secondary N) is 2. The molecule has 3 aromatic heterocycles. The van der Waals surface area contributed by atoms with Crippen molar-refractivity contribution >= 4 is 11.0 Å². The molecule has 0 amide bonds. The first-order chi connectivity index (χ1) is 17.2. The quantitative estimate of drug-likeness (QED) is 0.426. The molecule has 4 aromatic rings. The lowest BCUT2D eigenvalue weighted by atomic mass is 9.82. The molecule has 0 unspecified atom stereocenters. The summed E-state index contributed by atoms with van der Waals surface area (Å²) in [6.45, 7) is 5.16. The summed E-state index contributed by atoms with van der Waals surface area (Å²) in [7, 11) is 0. The van der Waals surface area contributed by atoms with Gasteiger partial charge in [-0.15, -0.1) is 0 Å². The van der Waals surface area contributed by atoms with Crippen LogP contribution in [0.3, 0.4) is 0 Å². The van der Waals surface area contributed by atoms with Crippen LogP contribution in [0.1, 0.15) is 42.0 Å². The second-order valence-corrected chi connectivity index (χ2v) is 9.76. The third-order valence-electron chi connectivity index (χ3n) is 7.22. The van der Waals surface area contributed by atoms with Crippen LogP contribution in [0.4, 0.5) is 4.39 Å². The van der Waals surface area contributed by atoms with E-state index in [9.17, 15) is 0 Å². The van der Waals surface area contributed by atoms with Crippen molar-refractivity contribution in [1.29, 1.82) is 0 Å². The summed E-state index contributed by atoms with van der Waals surface area (Å²) in [5.41, 5.74) is 5.59. The summed E-state index contributed by atoms with van der Waals surface area (Å²) in [6, 6.07) is 10.00. The predicted octanol–water partition coefficient (Wildman–Crippen LogP) is 3.89. The van der Waals surface area contributed by atoms with Crippen LogP contribution >= 0.6 is 0 Å². The van der Waals surface area contributed by atoms with Crippen molar-refractivity contribution in [2.45, 2.75) is 38.6 Å². The highest BCUT2D eigenvalue weighted by atomic mass is 19.1. The SMILES string of the molecule is Fc1c(CC2CCC2)ncnc1-c1ccc2nc(Cc3cc(CN4CCNCC4)ccn3)[nH]c2c1. The van der Waals surface area contributed by atoms with E-state index in [-0.39, 0.29) is 5.82 Å². The van der Waals surface area contributed by atoms with Crippen molar-refractivity contribution in [3.63, 3.8) is 0 Å². The van der Waals surface area contributed by atoms with E-state index in [1.165, 1.54) is 18.3 Å². The fourth-order valence-electron chi connectivity index (χ4n) is 5.04. The first-order valence-corrected chi connectivity index (χ1v) is 12.6. The van der Waals surface area contributed by atoms with E-state index in [1.807, 2.05) is 24.4 Å². The van der Waals surface area contributed by atoms with Crippen molar-refractivity contribution in [3.8, 4) is 11.3 Å². The molecule has 1 aliphatic heterocycles. The molecule has 0 bridgehead atoms. The van der Waals surface area contributed by atoms with E-state index in [1.54, 1.807) is 0 Å². The van der Waals surface area contributed by atoms with Crippen molar-refractivity contribution in [2.75, 3.05) is 26.2 Å². The van der Waals surface area contributed by atoms with Crippen LogP contribution in [0.2, 0.25) is 0 Å². The normalized spacial score (nSPS) is 17.1. The van der Waals surface area contributed by atoms with Gasteiger partial charge in [0, 0.05) is 56.6 Å². The van der Waals surface area contributed by atoms with Crippen LogP contribution < -0.4 is 5.32 Å². The van der Waals surface area contributed by atoms with Gasteiger partial charge in [0.2, 0.25) is 0 Å². The Labute approximate surface area is 204 Å². The van der Waals surface area contributed by atoms with Crippen molar-refractivity contribution in [1.82, 2.24) is 35.1 Å². The lowest BCUT2D eigenvalue weighted by molar-refractivity contribution is 0.233. The summed E-state index contributed by atoms with van der Waals surface area (Å²) < 4.78 is 15.2. The fourth-order valence-corrected chi connectivity index (χ4v) is 5.04. The number of benzene rings is 1. The molecule has 1 saturated carbocycles. The predicted molar refractivity (Wildman–Crippen MR) is 133 cm³/mol. The summed E-state index contributed by atoms with van der Waals surface area (Å²) in [6.07, 6.45) is 8.23. The number of pyridine rings is 1. The maximum Gasteiger partial charge on any atom is 0.170 e. The minimum absolute atomic E-state index is 0.302. The first-order valence-electron chi connectivity index (χ1n) is 12.6. The maximum atomic E-state index is 15.2. The van der Waals surface area contributed by atoms with E-state index >= 15 is 4.39 Å². The minimum atomic E-state index is -0.302. The fraction of sp³-hybridized carbons (Fsp3) is 0.407. The van der Waals surface area contributed by atoms with E-state index in [4.69, 9.17) is 4.98 Å². The van der Waals surface area contributed by atoms with Gasteiger partial charge in [-0.05, 0) is 42.2 Å². The van der Waals surface area contributed by atoms with Crippen molar-refractivity contribution in [3.05, 3.63) is 71.4 Å². The number of nitrogens with zero attached hydrogens (tertiary/aromatic N) is 5. The van der Waals surface area contributed by atoms with Crippen LogP contribution in [-0.2, 0) is 19.4 Å². The van der Waals surface area contributed by atoms with Gasteiger partial charge in [0.15, 0.2) is 5.82 Å². The molecule has 6 rings (SSSR count). The number of halogens is 1. The Kier molecular flexibility index (Phi) is 6.22. The third-order valence-corrected chi connectivity index (χ3v) is 7.22. The Morgan fingerprint density at radius 2 is 1.91 bits per heavy atom. The van der Waals surface area contributed by atoms with Gasteiger partial charge in [0.05, 0.1) is 16.7 Å². The van der Waals surface area contributed by atoms with Crippen LogP contribution in [0.5, 0.6) is 0 Å². The van der Waals surface area contributed by atoms with Crippen LogP contribution in [0.15, 0.2) is 42.9 Å². The molecule has 2 fully saturated rings. The zero-order valence-electron chi connectivity index (χ0n) is 19.8. The molecule has 4 heterocycles. The Bertz CT molecular complexity index is 1320. The first kappa shape index (κ1) is 22.2. The van der Waals surface area contributed by atoms with Crippen LogP contribution in [0, 0.1) is 11.7 Å². The number of aromatic nitrogens is 5. The molecule has 8 heteroatoms. The Hall–Kier alpha value is -3.23. The Morgan fingerprint density at radius 1 is 1.03 bits per heavy atom. The van der Waals surface area contributed by atoms with Crippen LogP contribution in [-0.4, -0.2) is 56.0 Å². The topological polar surface area (TPSA) is 82.6 Å². The Morgan fingerprint density at radius 3 is 2.74 bits per heavy atom. The second-order valence-electron chi connectivity index (χ2n) is 9.76. The average Bonchev–Trinajstić information content (AvgIpc) is 3.24. The number of fused-ring (bicyclic) bond motifs is 1. The molecule has 35 heavy (non-hydrogen) atoms. The third kappa shape index (κ3) is 4.94. The number of rotatable bonds is 7. The van der Waals surface area contributed by atoms with E-state index in [2.05, 4.69) is 42.3 Å². The molecule has 0 atom stereocenters. The highest BCUT2D eigenvalue weighted by Crippen LogP contribution is 2.32. The lowest BCUT2D eigenvalue weighted by Crippen LogP contribution is -2.42. The van der Waals surface area contributed by atoms with Crippen molar-refractivity contribution in [2.24, 2.45) is 5.92 Å². The number of hydrogen-bond acceptors (Lipinski definition) is 6. The largest absolute Gasteiger partial charge is 0.342 e. The van der Waals surface area contributed by atoms with E-state index < -0.39 is 0 Å². The molecule has 1 aliphatic carbocycles. The monoisotopic (exact) mass is 471 g/mol. The van der Waals surface area contributed by atoms with Gasteiger partial charge >= 0.3 is 0 Å². The summed E-state index contributed by atoms with van der Waals surface area (Å²) in [4.78, 5) is 23.7. The summed E-state index contributed by atoms with van der Waals surface area (Å²) in [5, 5.41) is 3.40. The van der Waals surface area contributed by atoms with Gasteiger partial charge in [-0.2, -0.15) is 0 Å². The zero-order chi connectivity index (χ0) is 23.6. The molecule has 2 aliphatic rings. The summed E-state index contributed by atoms with van der Waals surface area (Å²) in [5.74, 6) is 1.09. The van der Waals surface area contributed by atoms with E-state index in [0.717, 1.165) is 73.7 Å². The molecule has 1 saturated heterocycles. The highest BCUT2D eigenvalue weighted by molar-refractivity contribution is 5.81. The molecule has 1 aromatic carbocycles. The second kappa shape index (κ2) is 9.79. The molecule has 0 radical (unpaired) electrons. The highest BCUT2D eigenvalue weighted by Gasteiger charge is 2.22. The van der Waals surface area contributed by atoms with Gasteiger partial charge < -0.3 is 10.3 Å². The number of piperazine rings is 1. The zero-order valence-corrected chi connectivity index (χ0v) is 19.8. The lowest BCUT2D eigenvalue weighted by Gasteiger charge is -2.27. The van der Waals surface area contributed by atoms with Gasteiger partial charge in [-0.3, -0.25) is 9.88 Å². The Balaban J connectivity index is 1.20. The molecule has 180 valence electrons. The molecular weight excluding hydrogens is 441 g/mol. The van der Waals surface area contributed by atoms with E-state index in [0.29, 0.717) is 30.1 Å². The van der Waals surface area contributed by atoms with Gasteiger partial charge in [0.25, 0.3) is 0 Å². The van der Waals surface area contributed by atoms with Crippen molar-refractivity contribution < 1.29 is 4.39 Å². The molecule has 7 nitrogen and oxygen atoms in total. The molecule has 2 N–H and O–H groups in total. The minimum Gasteiger partial charge on any atom is -0.342 e. The summed E-state index contributed by atoms with van der Waals surface area (Å²) >= 11 is 0. The number of hydrogen-bond donors (Lipinski definition) is 2. The molecule has 0 spiro atoms. The number of imidazole rings is 1. The number of H-pyrrole nitrogens is 1. The van der Waals surface area contributed by atoms with Gasteiger partial charge in [-0.1, -0.05) is 25.3 Å². The van der Waals surface area contributed by atoms with Gasteiger partial charge in [0.1, 0.15) is 17.8 Å². The smallest absolute Gasteiger partial charge is 0.170 e. The van der Waals surface area contributed by atoms with Gasteiger partial charge in [-0.25, -0.2) is 19.3 Å². The van der Waals surface area contributed by atoms with Crippen LogP contribution in [0.25, 0.3) is 22.3 Å². The standard InChI is InChI=1S/C27H30FN7/c28-26-24(13-18-2-1-3-18)31-17-32-27(26)20-4-5-22-23(14-20)34-25(33-22)15-21-12-19(6-7-30-21)16-35-10-8-29-9-11-35/h4-7,12,14,17-18,29H,1-3,8-11,13,15-16H2,(H,33,34). The average molecular weight is 472 g/mol.